The lowest BCUT2D eigenvalue weighted by atomic mass is 10.1. The Kier molecular flexibility index (Phi) is 3.44. The molecule has 2 aromatic carbocycles. The van der Waals surface area contributed by atoms with Crippen LogP contribution in [0, 0.1) is 0 Å². The van der Waals surface area contributed by atoms with Gasteiger partial charge in [-0.25, -0.2) is 4.79 Å². The van der Waals surface area contributed by atoms with Gasteiger partial charge in [-0.3, -0.25) is 14.8 Å². The molecule has 0 fully saturated rings. The van der Waals surface area contributed by atoms with E-state index in [1.54, 1.807) is 0 Å². The number of imide groups is 1. The third-order valence-electron chi connectivity index (χ3n) is 3.31. The highest BCUT2D eigenvalue weighted by molar-refractivity contribution is 6.20. The van der Waals surface area contributed by atoms with Gasteiger partial charge >= 0.3 is 5.97 Å². The van der Waals surface area contributed by atoms with Gasteiger partial charge in [0.05, 0.1) is 16.7 Å². The Balaban J connectivity index is 1.78. The number of hydrogen-bond donors (Lipinski definition) is 1. The van der Waals surface area contributed by atoms with Crippen LogP contribution >= 0.6 is 0 Å². The van der Waals surface area contributed by atoms with E-state index in [1.807, 2.05) is 30.3 Å². The molecule has 0 unspecified atom stereocenters. The third-order valence-corrected chi connectivity index (χ3v) is 3.31. The van der Waals surface area contributed by atoms with E-state index in [1.165, 1.54) is 18.2 Å². The van der Waals surface area contributed by atoms with Gasteiger partial charge < -0.3 is 4.74 Å². The second-order valence-electron chi connectivity index (χ2n) is 4.74. The molecule has 1 aliphatic rings. The molecule has 110 valence electrons. The van der Waals surface area contributed by atoms with Crippen LogP contribution in [0.25, 0.3) is 0 Å². The molecule has 3 rings (SSSR count). The number of rotatable bonds is 3. The number of esters is 1. The second kappa shape index (κ2) is 5.42. The van der Waals surface area contributed by atoms with Gasteiger partial charge in [-0.15, -0.1) is 5.06 Å². The number of hydroxylamine groups is 2. The van der Waals surface area contributed by atoms with Crippen LogP contribution in [0.4, 0.5) is 0 Å². The van der Waals surface area contributed by atoms with E-state index in [9.17, 15) is 19.6 Å². The van der Waals surface area contributed by atoms with Crippen LogP contribution in [0.1, 0.15) is 36.6 Å². The summed E-state index contributed by atoms with van der Waals surface area (Å²) in [5, 5.41) is 9.32. The third kappa shape index (κ3) is 2.36. The lowest BCUT2D eigenvalue weighted by Crippen LogP contribution is -2.25. The topological polar surface area (TPSA) is 83.9 Å². The molecule has 0 aromatic heterocycles. The van der Waals surface area contributed by atoms with E-state index < -0.39 is 17.8 Å². The van der Waals surface area contributed by atoms with Crippen molar-refractivity contribution in [3.05, 3.63) is 70.8 Å². The number of benzene rings is 2. The van der Waals surface area contributed by atoms with Crippen molar-refractivity contribution in [3.8, 4) is 0 Å². The minimum atomic E-state index is -0.849. The molecule has 2 amide bonds. The maximum atomic E-state index is 12.0. The zero-order valence-corrected chi connectivity index (χ0v) is 11.4. The molecule has 6 heteroatoms. The van der Waals surface area contributed by atoms with Gasteiger partial charge in [0.1, 0.15) is 6.61 Å². The van der Waals surface area contributed by atoms with Gasteiger partial charge in [0.2, 0.25) is 0 Å². The highest BCUT2D eigenvalue weighted by atomic mass is 16.5. The molecule has 1 N–H and O–H groups in total. The van der Waals surface area contributed by atoms with Crippen LogP contribution in [0.5, 0.6) is 0 Å². The molecule has 6 nitrogen and oxygen atoms in total. The van der Waals surface area contributed by atoms with Crippen LogP contribution in [-0.2, 0) is 11.3 Å². The smallest absolute Gasteiger partial charge is 0.338 e. The lowest BCUT2D eigenvalue weighted by molar-refractivity contribution is -0.0327. The molecule has 0 spiro atoms. The molecule has 0 saturated carbocycles. The Bertz CT molecular complexity index is 769. The fourth-order valence-corrected chi connectivity index (χ4v) is 2.16. The van der Waals surface area contributed by atoms with Crippen LogP contribution < -0.4 is 0 Å². The van der Waals surface area contributed by atoms with Crippen LogP contribution in [0.3, 0.4) is 0 Å². The van der Waals surface area contributed by atoms with Crippen molar-refractivity contribution in [2.75, 3.05) is 0 Å². The zero-order chi connectivity index (χ0) is 15.7. The summed E-state index contributed by atoms with van der Waals surface area (Å²) in [5.74, 6) is -2.26. The Morgan fingerprint density at radius 2 is 1.68 bits per heavy atom. The molecule has 0 saturated heterocycles. The molecule has 2 aromatic rings. The van der Waals surface area contributed by atoms with E-state index in [0.29, 0.717) is 0 Å². The van der Waals surface area contributed by atoms with Crippen molar-refractivity contribution >= 4 is 17.8 Å². The predicted octanol–water partition coefficient (Wildman–Crippen LogP) is 2.03. The molecule has 0 radical (unpaired) electrons. The van der Waals surface area contributed by atoms with Crippen molar-refractivity contribution in [2.45, 2.75) is 6.61 Å². The van der Waals surface area contributed by atoms with Crippen LogP contribution in [0.2, 0.25) is 0 Å². The first kappa shape index (κ1) is 14.0. The molecule has 0 aliphatic carbocycles. The van der Waals surface area contributed by atoms with Crippen molar-refractivity contribution in [1.29, 1.82) is 0 Å². The quantitative estimate of drug-likeness (QED) is 0.532. The fraction of sp³-hybridized carbons (Fsp3) is 0.0625. The summed E-state index contributed by atoms with van der Waals surface area (Å²) in [7, 11) is 0. The molecule has 0 bridgehead atoms. The fourth-order valence-electron chi connectivity index (χ4n) is 2.16. The van der Waals surface area contributed by atoms with E-state index in [-0.39, 0.29) is 28.4 Å². The summed E-state index contributed by atoms with van der Waals surface area (Å²) >= 11 is 0. The maximum Gasteiger partial charge on any atom is 0.338 e. The number of nitrogens with zero attached hydrogens (tertiary/aromatic N) is 1. The number of hydrogen-bond acceptors (Lipinski definition) is 5. The average Bonchev–Trinajstić information content (AvgIpc) is 2.78. The van der Waals surface area contributed by atoms with Crippen molar-refractivity contribution in [2.24, 2.45) is 0 Å². The predicted molar refractivity (Wildman–Crippen MR) is 74.3 cm³/mol. The molecule has 1 heterocycles. The number of fused-ring (bicyclic) bond motifs is 1. The Morgan fingerprint density at radius 3 is 2.41 bits per heavy atom. The molecular weight excluding hydrogens is 286 g/mol. The normalized spacial score (nSPS) is 13.2. The first-order valence-electron chi connectivity index (χ1n) is 6.50. The van der Waals surface area contributed by atoms with E-state index >= 15 is 0 Å². The van der Waals surface area contributed by atoms with Crippen molar-refractivity contribution in [3.63, 3.8) is 0 Å². The Hall–Kier alpha value is -2.99. The average molecular weight is 297 g/mol. The first-order valence-corrected chi connectivity index (χ1v) is 6.50. The van der Waals surface area contributed by atoms with Gasteiger partial charge in [-0.05, 0) is 23.8 Å². The van der Waals surface area contributed by atoms with E-state index in [2.05, 4.69) is 0 Å². The second-order valence-corrected chi connectivity index (χ2v) is 4.74. The van der Waals surface area contributed by atoms with Crippen LogP contribution in [-0.4, -0.2) is 28.1 Å². The SMILES string of the molecule is O=C(OCc1ccccc1)c1ccc2c(c1)C(=O)N(O)C2=O. The number of amides is 2. The monoisotopic (exact) mass is 297 g/mol. The summed E-state index contributed by atoms with van der Waals surface area (Å²) in [6, 6.07) is 13.1. The van der Waals surface area contributed by atoms with E-state index in [0.717, 1.165) is 5.56 Å². The molecule has 0 atom stereocenters. The largest absolute Gasteiger partial charge is 0.457 e. The van der Waals surface area contributed by atoms with Crippen molar-refractivity contribution < 1.29 is 24.3 Å². The summed E-state index contributed by atoms with van der Waals surface area (Å²) in [4.78, 5) is 35.2. The lowest BCUT2D eigenvalue weighted by Gasteiger charge is -2.05. The summed E-state index contributed by atoms with van der Waals surface area (Å²) in [6.45, 7) is 0.107. The Labute approximate surface area is 125 Å². The minimum absolute atomic E-state index is 0.0124. The van der Waals surface area contributed by atoms with Gasteiger partial charge in [0, 0.05) is 0 Å². The maximum absolute atomic E-state index is 12.0. The van der Waals surface area contributed by atoms with E-state index in [4.69, 9.17) is 4.74 Å². The number of carbonyl (C=O) groups excluding carboxylic acids is 3. The number of ether oxygens (including phenoxy) is 1. The standard InChI is InChI=1S/C16H11NO5/c18-14-12-7-6-11(8-13(12)15(19)17(14)21)16(20)22-9-10-4-2-1-3-5-10/h1-8,21H,9H2. The highest BCUT2D eigenvalue weighted by Crippen LogP contribution is 2.23. The van der Waals surface area contributed by atoms with Crippen LogP contribution in [0.15, 0.2) is 48.5 Å². The number of carbonyl (C=O) groups is 3. The summed E-state index contributed by atoms with van der Waals surface area (Å²) < 4.78 is 5.15. The molecular formula is C16H11NO5. The van der Waals surface area contributed by atoms with Gasteiger partial charge in [-0.1, -0.05) is 30.3 Å². The first-order chi connectivity index (χ1) is 10.6. The highest BCUT2D eigenvalue weighted by Gasteiger charge is 2.35. The zero-order valence-electron chi connectivity index (χ0n) is 11.4. The van der Waals surface area contributed by atoms with Crippen molar-refractivity contribution in [1.82, 2.24) is 5.06 Å². The van der Waals surface area contributed by atoms with Gasteiger partial charge in [0.25, 0.3) is 11.8 Å². The molecule has 22 heavy (non-hydrogen) atoms. The molecule has 1 aliphatic heterocycles. The minimum Gasteiger partial charge on any atom is -0.457 e. The summed E-state index contributed by atoms with van der Waals surface area (Å²) in [6.07, 6.45) is 0. The summed E-state index contributed by atoms with van der Waals surface area (Å²) in [5.41, 5.74) is 1.03. The Morgan fingerprint density at radius 1 is 1.00 bits per heavy atom. The van der Waals surface area contributed by atoms with Gasteiger partial charge in [0.15, 0.2) is 0 Å². The van der Waals surface area contributed by atoms with Gasteiger partial charge in [-0.2, -0.15) is 0 Å².